The molecule has 3 nitrogen and oxygen atoms in total. The molecule has 1 saturated heterocycles. The van der Waals surface area contributed by atoms with E-state index in [4.69, 9.17) is 11.6 Å². The fourth-order valence-electron chi connectivity index (χ4n) is 2.24. The zero-order valence-corrected chi connectivity index (χ0v) is 12.4. The maximum absolute atomic E-state index is 12.8. The Morgan fingerprint density at radius 1 is 1.25 bits per heavy atom. The van der Waals surface area contributed by atoms with Crippen LogP contribution >= 0.6 is 11.6 Å². The molecule has 0 bridgehead atoms. The summed E-state index contributed by atoms with van der Waals surface area (Å²) in [7, 11) is 2.00. The third kappa shape index (κ3) is 3.17. The largest absolute Gasteiger partial charge is 0.416 e. The average Bonchev–Trinajstić information content (AvgIpc) is 2.30. The number of hydrogen-bond acceptors (Lipinski definition) is 3. The fourth-order valence-corrected chi connectivity index (χ4v) is 2.45. The monoisotopic (exact) mass is 307 g/mol. The SMILES string of the molecule is CN1CCN(c2cc(C(F)(F)F)cc(Cl)n2)CC1(C)C. The van der Waals surface area contributed by atoms with E-state index < -0.39 is 11.7 Å². The van der Waals surface area contributed by atoms with E-state index in [-0.39, 0.29) is 16.5 Å². The Morgan fingerprint density at radius 3 is 2.45 bits per heavy atom. The minimum atomic E-state index is -4.41. The standard InChI is InChI=1S/C13H17ClF3N3/c1-12(2)8-20(5-4-19(12)3)11-7-9(13(15,16)17)6-10(14)18-11/h6-7H,4-5,8H2,1-3H3. The van der Waals surface area contributed by atoms with Gasteiger partial charge in [-0.15, -0.1) is 0 Å². The van der Waals surface area contributed by atoms with Gasteiger partial charge >= 0.3 is 6.18 Å². The summed E-state index contributed by atoms with van der Waals surface area (Å²) < 4.78 is 38.4. The molecule has 0 spiro atoms. The van der Waals surface area contributed by atoms with Crippen LogP contribution in [0.15, 0.2) is 12.1 Å². The second kappa shape index (κ2) is 5.07. The van der Waals surface area contributed by atoms with Crippen LogP contribution in [0.25, 0.3) is 0 Å². The lowest BCUT2D eigenvalue weighted by molar-refractivity contribution is -0.137. The van der Waals surface area contributed by atoms with Crippen molar-refractivity contribution < 1.29 is 13.2 Å². The second-order valence-electron chi connectivity index (χ2n) is 5.69. The average molecular weight is 308 g/mol. The molecule has 2 heterocycles. The van der Waals surface area contributed by atoms with Gasteiger partial charge in [-0.2, -0.15) is 13.2 Å². The van der Waals surface area contributed by atoms with Crippen LogP contribution in [-0.4, -0.2) is 42.1 Å². The highest BCUT2D eigenvalue weighted by atomic mass is 35.5. The molecule has 1 aliphatic heterocycles. The summed E-state index contributed by atoms with van der Waals surface area (Å²) in [6.07, 6.45) is -4.41. The van der Waals surface area contributed by atoms with Crippen LogP contribution in [0, 0.1) is 0 Å². The van der Waals surface area contributed by atoms with Gasteiger partial charge in [-0.1, -0.05) is 11.6 Å². The van der Waals surface area contributed by atoms with Crippen molar-refractivity contribution in [1.29, 1.82) is 0 Å². The number of pyridine rings is 1. The molecule has 0 aromatic carbocycles. The van der Waals surface area contributed by atoms with E-state index in [1.54, 1.807) is 0 Å². The highest BCUT2D eigenvalue weighted by Crippen LogP contribution is 2.33. The Bertz CT molecular complexity index is 502. The third-order valence-electron chi connectivity index (χ3n) is 3.75. The lowest BCUT2D eigenvalue weighted by atomic mass is 10.00. The number of anilines is 1. The zero-order valence-electron chi connectivity index (χ0n) is 11.6. The van der Waals surface area contributed by atoms with Crippen molar-refractivity contribution in [2.24, 2.45) is 0 Å². The van der Waals surface area contributed by atoms with Crippen LogP contribution in [-0.2, 0) is 6.18 Å². The van der Waals surface area contributed by atoms with Crippen molar-refractivity contribution >= 4 is 17.4 Å². The summed E-state index contributed by atoms with van der Waals surface area (Å²) in [5, 5.41) is -0.133. The molecule has 7 heteroatoms. The third-order valence-corrected chi connectivity index (χ3v) is 3.94. The molecule has 1 fully saturated rings. The van der Waals surface area contributed by atoms with Crippen LogP contribution < -0.4 is 4.90 Å². The molecule has 20 heavy (non-hydrogen) atoms. The summed E-state index contributed by atoms with van der Waals surface area (Å²) in [4.78, 5) is 8.06. The van der Waals surface area contributed by atoms with Crippen molar-refractivity contribution in [2.45, 2.75) is 25.6 Å². The summed E-state index contributed by atoms with van der Waals surface area (Å²) in [6.45, 7) is 6.10. The van der Waals surface area contributed by atoms with Crippen LogP contribution in [0.2, 0.25) is 5.15 Å². The Balaban J connectivity index is 2.32. The number of halogens is 4. The second-order valence-corrected chi connectivity index (χ2v) is 6.08. The van der Waals surface area contributed by atoms with Gasteiger partial charge < -0.3 is 4.90 Å². The Labute approximate surface area is 121 Å². The highest BCUT2D eigenvalue weighted by molar-refractivity contribution is 6.29. The van der Waals surface area contributed by atoms with Gasteiger partial charge in [-0.05, 0) is 33.0 Å². The van der Waals surface area contributed by atoms with Gasteiger partial charge in [0.15, 0.2) is 0 Å². The molecule has 0 radical (unpaired) electrons. The first-order valence-corrected chi connectivity index (χ1v) is 6.68. The number of rotatable bonds is 1. The van der Waals surface area contributed by atoms with E-state index >= 15 is 0 Å². The topological polar surface area (TPSA) is 19.4 Å². The molecule has 0 aliphatic carbocycles. The molecule has 2 rings (SSSR count). The molecule has 0 N–H and O–H groups in total. The van der Waals surface area contributed by atoms with Gasteiger partial charge in [-0.25, -0.2) is 4.98 Å². The highest BCUT2D eigenvalue weighted by Gasteiger charge is 2.35. The first kappa shape index (κ1) is 15.4. The predicted molar refractivity (Wildman–Crippen MR) is 73.2 cm³/mol. The summed E-state index contributed by atoms with van der Waals surface area (Å²) in [6, 6.07) is 1.92. The number of likely N-dealkylation sites (N-methyl/N-ethyl adjacent to an activating group) is 1. The van der Waals surface area contributed by atoms with Crippen molar-refractivity contribution in [1.82, 2.24) is 9.88 Å². The van der Waals surface area contributed by atoms with Gasteiger partial charge in [0, 0.05) is 25.2 Å². The lowest BCUT2D eigenvalue weighted by Crippen LogP contribution is -2.57. The van der Waals surface area contributed by atoms with E-state index in [2.05, 4.69) is 9.88 Å². The van der Waals surface area contributed by atoms with Crippen molar-refractivity contribution in [3.63, 3.8) is 0 Å². The molecular weight excluding hydrogens is 291 g/mol. The van der Waals surface area contributed by atoms with E-state index in [1.165, 1.54) is 0 Å². The minimum Gasteiger partial charge on any atom is -0.353 e. The van der Waals surface area contributed by atoms with Gasteiger partial charge in [0.1, 0.15) is 11.0 Å². The van der Waals surface area contributed by atoms with Crippen LogP contribution in [0.5, 0.6) is 0 Å². The van der Waals surface area contributed by atoms with Gasteiger partial charge in [0.2, 0.25) is 0 Å². The first-order valence-electron chi connectivity index (χ1n) is 6.30. The minimum absolute atomic E-state index is 0.124. The normalized spacial score (nSPS) is 20.2. The van der Waals surface area contributed by atoms with Crippen LogP contribution in [0.4, 0.5) is 19.0 Å². The first-order chi connectivity index (χ1) is 9.09. The van der Waals surface area contributed by atoms with E-state index in [0.29, 0.717) is 13.1 Å². The van der Waals surface area contributed by atoms with Crippen molar-refractivity contribution in [3.05, 3.63) is 22.8 Å². The summed E-state index contributed by atoms with van der Waals surface area (Å²) in [5.41, 5.74) is -0.884. The van der Waals surface area contributed by atoms with E-state index in [9.17, 15) is 13.2 Å². The Hall–Kier alpha value is -1.01. The number of nitrogens with zero attached hydrogens (tertiary/aromatic N) is 3. The summed E-state index contributed by atoms with van der Waals surface area (Å²) >= 11 is 5.73. The van der Waals surface area contributed by atoms with E-state index in [0.717, 1.165) is 18.7 Å². The molecule has 1 aliphatic rings. The molecule has 0 amide bonds. The zero-order chi connectivity index (χ0) is 15.1. The molecule has 112 valence electrons. The van der Waals surface area contributed by atoms with E-state index in [1.807, 2.05) is 25.8 Å². The maximum atomic E-state index is 12.8. The van der Waals surface area contributed by atoms with Gasteiger partial charge in [0.25, 0.3) is 0 Å². The van der Waals surface area contributed by atoms with Crippen molar-refractivity contribution in [2.75, 3.05) is 31.6 Å². The maximum Gasteiger partial charge on any atom is 0.416 e. The van der Waals surface area contributed by atoms with Crippen LogP contribution in [0.3, 0.4) is 0 Å². The Morgan fingerprint density at radius 2 is 1.90 bits per heavy atom. The fraction of sp³-hybridized carbons (Fsp3) is 0.615. The van der Waals surface area contributed by atoms with Crippen LogP contribution in [0.1, 0.15) is 19.4 Å². The molecule has 1 aromatic heterocycles. The van der Waals surface area contributed by atoms with Gasteiger partial charge in [-0.3, -0.25) is 4.90 Å². The molecule has 0 saturated carbocycles. The van der Waals surface area contributed by atoms with Crippen molar-refractivity contribution in [3.8, 4) is 0 Å². The predicted octanol–water partition coefficient (Wildman–Crippen LogP) is 3.28. The molecule has 1 aromatic rings. The lowest BCUT2D eigenvalue weighted by Gasteiger charge is -2.45. The van der Waals surface area contributed by atoms with Gasteiger partial charge in [0.05, 0.1) is 5.56 Å². The number of alkyl halides is 3. The molecule has 0 atom stereocenters. The number of piperazine rings is 1. The Kier molecular flexibility index (Phi) is 3.90. The quantitative estimate of drug-likeness (QED) is 0.742. The summed E-state index contributed by atoms with van der Waals surface area (Å²) in [5.74, 6) is 0.283. The smallest absolute Gasteiger partial charge is 0.353 e. The molecule has 0 unspecified atom stereocenters. The molecular formula is C13H17ClF3N3. The number of hydrogen-bond donors (Lipinski definition) is 0. The number of aromatic nitrogens is 1.